The fourth-order valence-corrected chi connectivity index (χ4v) is 1.61. The number of halogens is 1. The molecular formula is C16H17Br. The van der Waals surface area contributed by atoms with E-state index in [1.54, 1.807) is 0 Å². The van der Waals surface area contributed by atoms with Crippen molar-refractivity contribution in [1.29, 1.82) is 0 Å². The van der Waals surface area contributed by atoms with E-state index in [-0.39, 0.29) is 0 Å². The quantitative estimate of drug-likeness (QED) is 0.643. The lowest BCUT2D eigenvalue weighted by Crippen LogP contribution is -1.79. The Labute approximate surface area is 112 Å². The van der Waals surface area contributed by atoms with E-state index in [0.717, 1.165) is 0 Å². The highest BCUT2D eigenvalue weighted by Crippen LogP contribution is 2.19. The van der Waals surface area contributed by atoms with Gasteiger partial charge in [-0.25, -0.2) is 0 Å². The average molecular weight is 289 g/mol. The third-order valence-corrected chi connectivity index (χ3v) is 2.82. The third-order valence-electron chi connectivity index (χ3n) is 2.29. The van der Waals surface area contributed by atoms with Crippen molar-refractivity contribution in [3.8, 4) is 0 Å². The molecule has 0 aliphatic carbocycles. The highest BCUT2D eigenvalue weighted by Gasteiger charge is 1.95. The first kappa shape index (κ1) is 13.7. The molecule has 0 radical (unpaired) electrons. The molecule has 0 fully saturated rings. The van der Waals surface area contributed by atoms with Crippen LogP contribution in [-0.2, 0) is 0 Å². The number of benzene rings is 2. The minimum Gasteiger partial charge on any atom is -0.0985 e. The zero-order valence-electron chi connectivity index (χ0n) is 10.0. The molecule has 0 amide bonds. The second-order valence-corrected chi connectivity index (χ2v) is 5.02. The van der Waals surface area contributed by atoms with Crippen molar-refractivity contribution < 1.29 is 0 Å². The van der Waals surface area contributed by atoms with Gasteiger partial charge in [-0.05, 0) is 18.1 Å². The lowest BCUT2D eigenvalue weighted by atomic mass is 10.2. The highest BCUT2D eigenvalue weighted by atomic mass is 79.9. The molecule has 0 saturated carbocycles. The van der Waals surface area contributed by atoms with Crippen LogP contribution in [0.2, 0.25) is 0 Å². The maximum Gasteiger partial charge on any atom is 0.0367 e. The lowest BCUT2D eigenvalue weighted by Gasteiger charge is -1.99. The SMILES string of the molecule is C=Cc1ccccc1.CC(Br)c1ccccc1. The average Bonchev–Trinajstić information content (AvgIpc) is 2.41. The van der Waals surface area contributed by atoms with Crippen molar-refractivity contribution in [2.45, 2.75) is 11.8 Å². The molecule has 0 aliphatic rings. The van der Waals surface area contributed by atoms with Crippen LogP contribution in [0.1, 0.15) is 22.9 Å². The van der Waals surface area contributed by atoms with Gasteiger partial charge in [-0.1, -0.05) is 89.2 Å². The van der Waals surface area contributed by atoms with Crippen LogP contribution in [-0.4, -0.2) is 0 Å². The lowest BCUT2D eigenvalue weighted by molar-refractivity contribution is 1.12. The number of hydrogen-bond donors (Lipinski definition) is 0. The molecule has 0 aliphatic heterocycles. The van der Waals surface area contributed by atoms with Crippen molar-refractivity contribution in [2.24, 2.45) is 0 Å². The van der Waals surface area contributed by atoms with Gasteiger partial charge >= 0.3 is 0 Å². The molecule has 0 aromatic heterocycles. The molecule has 2 rings (SSSR count). The Hall–Kier alpha value is -1.34. The van der Waals surface area contributed by atoms with Crippen LogP contribution in [0.4, 0.5) is 0 Å². The predicted octanol–water partition coefficient (Wildman–Crippen LogP) is 5.47. The van der Waals surface area contributed by atoms with E-state index in [2.05, 4.69) is 41.6 Å². The van der Waals surface area contributed by atoms with E-state index >= 15 is 0 Å². The van der Waals surface area contributed by atoms with Crippen LogP contribution < -0.4 is 0 Å². The monoisotopic (exact) mass is 288 g/mol. The molecular weight excluding hydrogens is 272 g/mol. The van der Waals surface area contributed by atoms with Crippen molar-refractivity contribution in [2.75, 3.05) is 0 Å². The molecule has 1 unspecified atom stereocenters. The Morgan fingerprint density at radius 2 is 1.41 bits per heavy atom. The van der Waals surface area contributed by atoms with Gasteiger partial charge in [-0.3, -0.25) is 0 Å². The van der Waals surface area contributed by atoms with E-state index in [1.165, 1.54) is 11.1 Å². The van der Waals surface area contributed by atoms with E-state index in [1.807, 2.05) is 54.6 Å². The van der Waals surface area contributed by atoms with Crippen molar-refractivity contribution in [3.05, 3.63) is 78.4 Å². The van der Waals surface area contributed by atoms with E-state index in [4.69, 9.17) is 0 Å². The first-order chi connectivity index (χ1) is 8.24. The fraction of sp³-hybridized carbons (Fsp3) is 0.125. The Balaban J connectivity index is 0.000000171. The molecule has 88 valence electrons. The summed E-state index contributed by atoms with van der Waals surface area (Å²) in [6.07, 6.45) is 1.83. The predicted molar refractivity (Wildman–Crippen MR) is 80.3 cm³/mol. The second kappa shape index (κ2) is 7.86. The van der Waals surface area contributed by atoms with Crippen molar-refractivity contribution in [3.63, 3.8) is 0 Å². The van der Waals surface area contributed by atoms with E-state index in [9.17, 15) is 0 Å². The van der Waals surface area contributed by atoms with Gasteiger partial charge in [0.05, 0.1) is 0 Å². The van der Waals surface area contributed by atoms with E-state index in [0.29, 0.717) is 4.83 Å². The van der Waals surface area contributed by atoms with Crippen LogP contribution in [0.5, 0.6) is 0 Å². The summed E-state index contributed by atoms with van der Waals surface area (Å²) in [5, 5.41) is 0. The third kappa shape index (κ3) is 5.50. The maximum atomic E-state index is 3.63. The first-order valence-electron chi connectivity index (χ1n) is 5.60. The van der Waals surface area contributed by atoms with E-state index < -0.39 is 0 Å². The summed E-state index contributed by atoms with van der Waals surface area (Å²) in [7, 11) is 0. The molecule has 0 N–H and O–H groups in total. The second-order valence-electron chi connectivity index (χ2n) is 3.64. The summed E-state index contributed by atoms with van der Waals surface area (Å²) in [4.78, 5) is 0.471. The largest absolute Gasteiger partial charge is 0.0985 e. The highest BCUT2D eigenvalue weighted by molar-refractivity contribution is 9.09. The van der Waals surface area contributed by atoms with Gasteiger partial charge in [0.1, 0.15) is 0 Å². The summed E-state index contributed by atoms with van der Waals surface area (Å²) in [6, 6.07) is 20.4. The Morgan fingerprint density at radius 1 is 0.941 bits per heavy atom. The summed E-state index contributed by atoms with van der Waals surface area (Å²) in [5.74, 6) is 0. The molecule has 17 heavy (non-hydrogen) atoms. The number of alkyl halides is 1. The molecule has 0 saturated heterocycles. The van der Waals surface area contributed by atoms with Crippen LogP contribution in [0, 0.1) is 0 Å². The van der Waals surface area contributed by atoms with Gasteiger partial charge in [0.15, 0.2) is 0 Å². The minimum atomic E-state index is 0.471. The topological polar surface area (TPSA) is 0 Å². The summed E-state index contributed by atoms with van der Waals surface area (Å²) < 4.78 is 0. The van der Waals surface area contributed by atoms with Gasteiger partial charge in [-0.2, -0.15) is 0 Å². The molecule has 2 aromatic rings. The fourth-order valence-electron chi connectivity index (χ4n) is 1.31. The molecule has 0 spiro atoms. The molecule has 0 nitrogen and oxygen atoms in total. The van der Waals surface area contributed by atoms with Crippen LogP contribution >= 0.6 is 15.9 Å². The molecule has 1 atom stereocenters. The number of hydrogen-bond acceptors (Lipinski definition) is 0. The Bertz CT molecular complexity index is 418. The minimum absolute atomic E-state index is 0.471. The van der Waals surface area contributed by atoms with Gasteiger partial charge in [0.25, 0.3) is 0 Å². The molecule has 0 bridgehead atoms. The van der Waals surface area contributed by atoms with Crippen LogP contribution in [0.15, 0.2) is 67.2 Å². The Morgan fingerprint density at radius 3 is 1.71 bits per heavy atom. The smallest absolute Gasteiger partial charge is 0.0367 e. The van der Waals surface area contributed by atoms with Gasteiger partial charge < -0.3 is 0 Å². The maximum absolute atomic E-state index is 3.63. The van der Waals surface area contributed by atoms with Crippen molar-refractivity contribution in [1.82, 2.24) is 0 Å². The van der Waals surface area contributed by atoms with Crippen LogP contribution in [0.3, 0.4) is 0 Å². The van der Waals surface area contributed by atoms with Gasteiger partial charge in [0, 0.05) is 4.83 Å². The van der Waals surface area contributed by atoms with Gasteiger partial charge in [0.2, 0.25) is 0 Å². The summed E-state index contributed by atoms with van der Waals surface area (Å²) in [5.41, 5.74) is 2.50. The van der Waals surface area contributed by atoms with Gasteiger partial charge in [-0.15, -0.1) is 0 Å². The molecule has 2 aromatic carbocycles. The molecule has 1 heteroatoms. The molecule has 0 heterocycles. The summed E-state index contributed by atoms with van der Waals surface area (Å²) >= 11 is 3.48. The standard InChI is InChI=1S/C8H9Br.C8H8/c1-7(9)8-5-3-2-4-6-8;1-2-8-6-4-3-5-7-8/h2-7H,1H3;2-7H,1H2. The summed E-state index contributed by atoms with van der Waals surface area (Å²) in [6.45, 7) is 5.75. The van der Waals surface area contributed by atoms with Crippen molar-refractivity contribution >= 4 is 22.0 Å². The first-order valence-corrected chi connectivity index (χ1v) is 6.52. The normalized spacial score (nSPS) is 10.9. The van der Waals surface area contributed by atoms with Crippen LogP contribution in [0.25, 0.3) is 6.08 Å². The number of rotatable bonds is 2. The zero-order chi connectivity index (χ0) is 12.5. The zero-order valence-corrected chi connectivity index (χ0v) is 11.6. The Kier molecular flexibility index (Phi) is 6.34.